The molecule has 2 aliphatic rings. The summed E-state index contributed by atoms with van der Waals surface area (Å²) in [5.41, 5.74) is 2.63. The summed E-state index contributed by atoms with van der Waals surface area (Å²) in [5.74, 6) is 0. The van der Waals surface area contributed by atoms with Crippen LogP contribution in [0.1, 0.15) is 51.5 Å². The highest BCUT2D eigenvalue weighted by molar-refractivity contribution is 6.31. The molecule has 2 fully saturated rings. The quantitative estimate of drug-likeness (QED) is 0.867. The molecule has 1 N–H and O–H groups in total. The zero-order chi connectivity index (χ0) is 14.1. The van der Waals surface area contributed by atoms with E-state index >= 15 is 0 Å². The van der Waals surface area contributed by atoms with E-state index in [4.69, 9.17) is 11.6 Å². The van der Waals surface area contributed by atoms with E-state index in [1.807, 2.05) is 6.07 Å². The van der Waals surface area contributed by atoms with Crippen LogP contribution in [0.3, 0.4) is 0 Å². The van der Waals surface area contributed by atoms with Crippen LogP contribution < -0.4 is 10.2 Å². The van der Waals surface area contributed by atoms with Crippen molar-refractivity contribution in [1.29, 1.82) is 0 Å². The number of benzene rings is 1. The number of hydrogen-bond donors (Lipinski definition) is 1. The average molecular weight is 293 g/mol. The van der Waals surface area contributed by atoms with E-state index in [0.29, 0.717) is 12.1 Å². The molecule has 2 nitrogen and oxygen atoms in total. The molecule has 1 aliphatic carbocycles. The van der Waals surface area contributed by atoms with E-state index in [9.17, 15) is 0 Å². The fourth-order valence-electron chi connectivity index (χ4n) is 3.40. The Kier molecular flexibility index (Phi) is 4.23. The minimum Gasteiger partial charge on any atom is -0.366 e. The first-order chi connectivity index (χ1) is 9.70. The molecule has 1 saturated carbocycles. The maximum Gasteiger partial charge on any atom is 0.0471 e. The average Bonchev–Trinajstić information content (AvgIpc) is 3.19. The minimum absolute atomic E-state index is 0.623. The summed E-state index contributed by atoms with van der Waals surface area (Å²) in [5, 5.41) is 4.52. The molecule has 3 rings (SSSR count). The lowest BCUT2D eigenvalue weighted by Gasteiger charge is -2.32. The molecular weight excluding hydrogens is 268 g/mol. The molecule has 1 heterocycles. The van der Waals surface area contributed by atoms with Gasteiger partial charge in [-0.05, 0) is 51.2 Å². The van der Waals surface area contributed by atoms with Crippen molar-refractivity contribution in [3.63, 3.8) is 0 Å². The van der Waals surface area contributed by atoms with Gasteiger partial charge in [-0.3, -0.25) is 0 Å². The topological polar surface area (TPSA) is 15.3 Å². The first kappa shape index (κ1) is 14.2. The van der Waals surface area contributed by atoms with Crippen molar-refractivity contribution in [2.24, 2.45) is 0 Å². The third-order valence-electron chi connectivity index (χ3n) is 4.77. The van der Waals surface area contributed by atoms with Gasteiger partial charge in [0.15, 0.2) is 0 Å². The van der Waals surface area contributed by atoms with Crippen molar-refractivity contribution < 1.29 is 0 Å². The number of rotatable bonds is 5. The maximum atomic E-state index is 6.48. The summed E-state index contributed by atoms with van der Waals surface area (Å²) in [6, 6.07) is 8.38. The largest absolute Gasteiger partial charge is 0.366 e. The third-order valence-corrected chi connectivity index (χ3v) is 5.13. The Morgan fingerprint density at radius 1 is 1.25 bits per heavy atom. The van der Waals surface area contributed by atoms with Crippen LogP contribution in [0.25, 0.3) is 0 Å². The number of nitrogens with zero attached hydrogens (tertiary/aromatic N) is 1. The van der Waals surface area contributed by atoms with Crippen LogP contribution in [-0.4, -0.2) is 18.1 Å². The highest BCUT2D eigenvalue weighted by Gasteiger charge is 2.31. The molecule has 0 aromatic heterocycles. The Labute approximate surface area is 127 Å². The van der Waals surface area contributed by atoms with Crippen LogP contribution in [0.4, 0.5) is 5.69 Å². The van der Waals surface area contributed by atoms with Gasteiger partial charge < -0.3 is 10.2 Å². The summed E-state index contributed by atoms with van der Waals surface area (Å²) in [6.45, 7) is 5.54. The number of nitrogens with one attached hydrogen (secondary N) is 1. The Hall–Kier alpha value is -0.730. The van der Waals surface area contributed by atoms with Crippen LogP contribution in [0, 0.1) is 0 Å². The van der Waals surface area contributed by atoms with Crippen molar-refractivity contribution in [3.05, 3.63) is 28.8 Å². The highest BCUT2D eigenvalue weighted by Crippen LogP contribution is 2.37. The summed E-state index contributed by atoms with van der Waals surface area (Å²) in [4.78, 5) is 2.61. The van der Waals surface area contributed by atoms with E-state index in [1.165, 1.54) is 43.4 Å². The molecule has 1 aliphatic heterocycles. The monoisotopic (exact) mass is 292 g/mol. The molecule has 0 radical (unpaired) electrons. The SMILES string of the molecule is CCC1CCC(C)N1c1cccc(Cl)c1CNC1CC1. The molecule has 0 amide bonds. The zero-order valence-corrected chi connectivity index (χ0v) is 13.3. The highest BCUT2D eigenvalue weighted by atomic mass is 35.5. The normalized spacial score (nSPS) is 26.2. The van der Waals surface area contributed by atoms with Crippen LogP contribution in [0.5, 0.6) is 0 Å². The van der Waals surface area contributed by atoms with Crippen LogP contribution >= 0.6 is 11.6 Å². The van der Waals surface area contributed by atoms with Gasteiger partial charge in [-0.25, -0.2) is 0 Å². The fourth-order valence-corrected chi connectivity index (χ4v) is 3.64. The molecule has 2 atom stereocenters. The second-order valence-corrected chi connectivity index (χ2v) is 6.70. The smallest absolute Gasteiger partial charge is 0.0471 e. The van der Waals surface area contributed by atoms with Crippen molar-refractivity contribution in [2.75, 3.05) is 4.90 Å². The summed E-state index contributed by atoms with van der Waals surface area (Å²) < 4.78 is 0. The molecule has 110 valence electrons. The number of halogens is 1. The lowest BCUT2D eigenvalue weighted by molar-refractivity contribution is 0.619. The second-order valence-electron chi connectivity index (χ2n) is 6.29. The van der Waals surface area contributed by atoms with E-state index < -0.39 is 0 Å². The molecule has 1 aromatic carbocycles. The molecule has 2 unspecified atom stereocenters. The zero-order valence-electron chi connectivity index (χ0n) is 12.5. The lowest BCUT2D eigenvalue weighted by Crippen LogP contribution is -2.35. The molecule has 0 spiro atoms. The van der Waals surface area contributed by atoms with Gasteiger partial charge >= 0.3 is 0 Å². The first-order valence-corrected chi connectivity index (χ1v) is 8.37. The summed E-state index contributed by atoms with van der Waals surface area (Å²) in [7, 11) is 0. The fraction of sp³-hybridized carbons (Fsp3) is 0.647. The van der Waals surface area contributed by atoms with Crippen LogP contribution in [-0.2, 0) is 6.54 Å². The van der Waals surface area contributed by atoms with E-state index in [2.05, 4.69) is 36.2 Å². The van der Waals surface area contributed by atoms with Gasteiger partial charge in [0.2, 0.25) is 0 Å². The Bertz CT molecular complexity index is 470. The molecule has 0 bridgehead atoms. The van der Waals surface area contributed by atoms with E-state index in [-0.39, 0.29) is 0 Å². The van der Waals surface area contributed by atoms with Crippen molar-refractivity contribution in [1.82, 2.24) is 5.32 Å². The van der Waals surface area contributed by atoms with Crippen molar-refractivity contribution in [3.8, 4) is 0 Å². The van der Waals surface area contributed by atoms with Crippen molar-refractivity contribution in [2.45, 2.75) is 70.6 Å². The predicted molar refractivity (Wildman–Crippen MR) is 86.6 cm³/mol. The Morgan fingerprint density at radius 3 is 2.75 bits per heavy atom. The molecule has 1 saturated heterocycles. The third kappa shape index (κ3) is 2.82. The first-order valence-electron chi connectivity index (χ1n) is 7.99. The molecule has 3 heteroatoms. The van der Waals surface area contributed by atoms with Gasteiger partial charge in [-0.2, -0.15) is 0 Å². The predicted octanol–water partition coefficient (Wildman–Crippen LogP) is 4.36. The van der Waals surface area contributed by atoms with Gasteiger partial charge in [0.05, 0.1) is 0 Å². The second kappa shape index (κ2) is 5.95. The minimum atomic E-state index is 0.623. The number of anilines is 1. The van der Waals surface area contributed by atoms with Gasteiger partial charge in [0.25, 0.3) is 0 Å². The molecular formula is C17H25ClN2. The number of hydrogen-bond acceptors (Lipinski definition) is 2. The van der Waals surface area contributed by atoms with Crippen LogP contribution in [0.2, 0.25) is 5.02 Å². The maximum absolute atomic E-state index is 6.48. The van der Waals surface area contributed by atoms with Gasteiger partial charge in [-0.15, -0.1) is 0 Å². The van der Waals surface area contributed by atoms with Gasteiger partial charge in [0.1, 0.15) is 0 Å². The lowest BCUT2D eigenvalue weighted by atomic mass is 10.1. The Morgan fingerprint density at radius 2 is 2.05 bits per heavy atom. The van der Waals surface area contributed by atoms with Crippen molar-refractivity contribution >= 4 is 17.3 Å². The van der Waals surface area contributed by atoms with E-state index in [1.54, 1.807) is 0 Å². The Balaban J connectivity index is 1.88. The van der Waals surface area contributed by atoms with Gasteiger partial charge in [-0.1, -0.05) is 24.6 Å². The molecule has 1 aromatic rings. The van der Waals surface area contributed by atoms with E-state index in [0.717, 1.165) is 17.6 Å². The summed E-state index contributed by atoms with van der Waals surface area (Å²) in [6.07, 6.45) is 6.45. The standard InChI is InChI=1S/C17H25ClN2/c1-3-14-10-7-12(2)20(14)17-6-4-5-16(18)15(17)11-19-13-8-9-13/h4-6,12-14,19H,3,7-11H2,1-2H3. The summed E-state index contributed by atoms with van der Waals surface area (Å²) >= 11 is 6.48. The molecule has 20 heavy (non-hydrogen) atoms. The van der Waals surface area contributed by atoms with Gasteiger partial charge in [0, 0.05) is 40.9 Å². The van der Waals surface area contributed by atoms with Crippen LogP contribution in [0.15, 0.2) is 18.2 Å².